The normalized spacial score (nSPS) is 24.3. The van der Waals surface area contributed by atoms with Gasteiger partial charge in [0.2, 0.25) is 11.8 Å². The van der Waals surface area contributed by atoms with Crippen LogP contribution < -0.4 is 10.1 Å². The zero-order valence-corrected chi connectivity index (χ0v) is 21.4. The van der Waals surface area contributed by atoms with Crippen molar-refractivity contribution >= 4 is 34.4 Å². The summed E-state index contributed by atoms with van der Waals surface area (Å²) in [5.74, 6) is 0.116. The van der Waals surface area contributed by atoms with Crippen molar-refractivity contribution in [3.63, 3.8) is 0 Å². The monoisotopic (exact) mass is 584 g/mol. The van der Waals surface area contributed by atoms with E-state index in [1.165, 1.54) is 0 Å². The van der Waals surface area contributed by atoms with Crippen LogP contribution in [0, 0.1) is 3.57 Å². The third kappa shape index (κ3) is 7.03. The van der Waals surface area contributed by atoms with Crippen LogP contribution in [0.5, 0.6) is 5.75 Å². The summed E-state index contributed by atoms with van der Waals surface area (Å²) in [5.41, 5.74) is 0.411. The van der Waals surface area contributed by atoms with Crippen molar-refractivity contribution in [1.29, 1.82) is 0 Å². The first kappa shape index (κ1) is 26.7. The Bertz CT molecular complexity index is 886. The van der Waals surface area contributed by atoms with E-state index < -0.39 is 18.2 Å². The van der Waals surface area contributed by atoms with Crippen molar-refractivity contribution < 1.29 is 29.3 Å². The number of rotatable bonds is 11. The number of hydrogen-bond donors (Lipinski definition) is 3. The Labute approximate surface area is 214 Å². The lowest BCUT2D eigenvalue weighted by Gasteiger charge is -2.41. The van der Waals surface area contributed by atoms with Gasteiger partial charge in [0, 0.05) is 38.1 Å². The van der Waals surface area contributed by atoms with Crippen molar-refractivity contribution in [2.45, 2.75) is 56.5 Å². The third-order valence-corrected chi connectivity index (χ3v) is 6.91. The molecule has 0 bridgehead atoms. The topological polar surface area (TPSA) is 108 Å². The summed E-state index contributed by atoms with van der Waals surface area (Å²) in [6.07, 6.45) is 4.07. The quantitative estimate of drug-likeness (QED) is 0.272. The summed E-state index contributed by atoms with van der Waals surface area (Å²) < 4.78 is 12.8. The van der Waals surface area contributed by atoms with Crippen LogP contribution in [0.15, 0.2) is 48.6 Å². The van der Waals surface area contributed by atoms with Gasteiger partial charge in [0.15, 0.2) is 0 Å². The van der Waals surface area contributed by atoms with Crippen LogP contribution in [0.3, 0.4) is 0 Å². The predicted octanol–water partition coefficient (Wildman–Crippen LogP) is 2.18. The van der Waals surface area contributed by atoms with Crippen molar-refractivity contribution in [2.24, 2.45) is 0 Å². The molecule has 1 saturated heterocycles. The van der Waals surface area contributed by atoms with E-state index in [1.807, 2.05) is 18.2 Å². The summed E-state index contributed by atoms with van der Waals surface area (Å²) in [5, 5.41) is 23.2. The van der Waals surface area contributed by atoms with Gasteiger partial charge in [-0.25, -0.2) is 0 Å². The number of allylic oxidation sites excluding steroid dienone is 1. The molecule has 1 aromatic carbocycles. The van der Waals surface area contributed by atoms with E-state index in [-0.39, 0.29) is 43.9 Å². The zero-order valence-electron chi connectivity index (χ0n) is 19.2. The van der Waals surface area contributed by atoms with Gasteiger partial charge in [-0.05, 0) is 60.1 Å². The number of carbonyl (C=O) groups excluding carboxylic acids is 2. The maximum absolute atomic E-state index is 13.2. The number of nitrogens with zero attached hydrogens (tertiary/aromatic N) is 1. The molecule has 0 spiro atoms. The number of ether oxygens (including phenoxy) is 2. The van der Waals surface area contributed by atoms with Gasteiger partial charge in [0.05, 0.1) is 22.3 Å². The van der Waals surface area contributed by atoms with Crippen LogP contribution in [-0.2, 0) is 14.3 Å². The van der Waals surface area contributed by atoms with Crippen molar-refractivity contribution in [3.8, 4) is 5.75 Å². The zero-order chi connectivity index (χ0) is 24.5. The van der Waals surface area contributed by atoms with Gasteiger partial charge in [-0.3, -0.25) is 9.59 Å². The van der Waals surface area contributed by atoms with Gasteiger partial charge in [-0.15, -0.1) is 6.58 Å². The third-order valence-electron chi connectivity index (χ3n) is 6.02. The van der Waals surface area contributed by atoms with Crippen LogP contribution in [0.25, 0.3) is 0 Å². The molecule has 9 heteroatoms. The maximum Gasteiger partial charge on any atom is 0.247 e. The van der Waals surface area contributed by atoms with E-state index in [0.717, 1.165) is 16.4 Å². The van der Waals surface area contributed by atoms with Gasteiger partial charge in [0.1, 0.15) is 18.0 Å². The lowest BCUT2D eigenvalue weighted by molar-refractivity contribution is -0.140. The van der Waals surface area contributed by atoms with Gasteiger partial charge >= 0.3 is 0 Å². The summed E-state index contributed by atoms with van der Waals surface area (Å²) >= 11 is 2.15. The molecule has 1 fully saturated rings. The second kappa shape index (κ2) is 13.2. The molecule has 3 N–H and O–H groups in total. The van der Waals surface area contributed by atoms with Crippen molar-refractivity contribution in [1.82, 2.24) is 10.2 Å². The van der Waals surface area contributed by atoms with Crippen LogP contribution in [0.4, 0.5) is 0 Å². The summed E-state index contributed by atoms with van der Waals surface area (Å²) in [7, 11) is 0. The van der Waals surface area contributed by atoms with Crippen LogP contribution in [-0.4, -0.2) is 77.6 Å². The van der Waals surface area contributed by atoms with Gasteiger partial charge in [0.25, 0.3) is 0 Å². The van der Waals surface area contributed by atoms with E-state index >= 15 is 0 Å². The second-order valence-electron chi connectivity index (χ2n) is 8.45. The van der Waals surface area contributed by atoms with E-state index in [9.17, 15) is 14.7 Å². The lowest BCUT2D eigenvalue weighted by Crippen LogP contribution is -2.56. The molecule has 186 valence electrons. The highest BCUT2D eigenvalue weighted by Crippen LogP contribution is 2.30. The molecule has 4 atom stereocenters. The molecule has 0 unspecified atom stereocenters. The van der Waals surface area contributed by atoms with Crippen LogP contribution in [0.2, 0.25) is 0 Å². The average molecular weight is 584 g/mol. The fraction of sp³-hybridized carbons (Fsp3) is 0.520. The maximum atomic E-state index is 13.2. The number of hydrogen-bond acceptors (Lipinski definition) is 6. The van der Waals surface area contributed by atoms with Crippen LogP contribution >= 0.6 is 22.6 Å². The second-order valence-corrected chi connectivity index (χ2v) is 9.62. The van der Waals surface area contributed by atoms with E-state index in [1.54, 1.807) is 23.1 Å². The number of benzene rings is 1. The Morgan fingerprint density at radius 2 is 2.15 bits per heavy atom. The highest BCUT2D eigenvalue weighted by molar-refractivity contribution is 14.1. The molecule has 3 rings (SSSR count). The SMILES string of the molecule is C=CCCC(=O)N(C[C@H]1CCCO1)[C@@H]1CC(C(=O)NCCO)=C[C@H](Oc2ccccc2I)[C@H]1O. The molecular formula is C25H33IN2O6. The Morgan fingerprint density at radius 3 is 2.82 bits per heavy atom. The largest absolute Gasteiger partial charge is 0.482 e. The number of carbonyl (C=O) groups is 2. The first-order chi connectivity index (χ1) is 16.4. The van der Waals surface area contributed by atoms with E-state index in [4.69, 9.17) is 14.6 Å². The Kier molecular flexibility index (Phi) is 10.4. The highest BCUT2D eigenvalue weighted by atomic mass is 127. The number of aliphatic hydroxyl groups excluding tert-OH is 2. The minimum atomic E-state index is -1.04. The fourth-order valence-electron chi connectivity index (χ4n) is 4.27. The van der Waals surface area contributed by atoms with E-state index in [0.29, 0.717) is 30.9 Å². The number of para-hydroxylation sites is 1. The summed E-state index contributed by atoms with van der Waals surface area (Å²) in [6.45, 7) is 4.64. The number of amides is 2. The Morgan fingerprint density at radius 1 is 1.35 bits per heavy atom. The smallest absolute Gasteiger partial charge is 0.247 e. The number of nitrogens with one attached hydrogen (secondary N) is 1. The molecular weight excluding hydrogens is 551 g/mol. The standard InChI is InChI=1S/C25H33IN2O6/c1-2-3-10-23(30)28(16-18-7-6-13-33-18)20-14-17(25(32)27-11-12-29)15-22(24(20)31)34-21-9-5-4-8-19(21)26/h2,4-5,8-9,15,18,20,22,24,29,31H,1,3,6-7,10-14,16H2,(H,27,32)/t18-,20-,22+,24+/m1/s1. The number of aliphatic hydroxyl groups is 2. The molecule has 0 aromatic heterocycles. The molecule has 1 aliphatic heterocycles. The molecule has 0 radical (unpaired) electrons. The molecule has 1 aliphatic carbocycles. The van der Waals surface area contributed by atoms with Gasteiger partial charge in [-0.2, -0.15) is 0 Å². The molecule has 0 saturated carbocycles. The van der Waals surface area contributed by atoms with Gasteiger partial charge in [-0.1, -0.05) is 18.2 Å². The van der Waals surface area contributed by atoms with Crippen molar-refractivity contribution in [2.75, 3.05) is 26.3 Å². The molecule has 1 aromatic rings. The molecule has 1 heterocycles. The molecule has 34 heavy (non-hydrogen) atoms. The van der Waals surface area contributed by atoms with Crippen LogP contribution in [0.1, 0.15) is 32.1 Å². The average Bonchev–Trinajstić information content (AvgIpc) is 3.35. The fourth-order valence-corrected chi connectivity index (χ4v) is 4.78. The Balaban J connectivity index is 1.91. The lowest BCUT2D eigenvalue weighted by atomic mass is 9.87. The Hall–Kier alpha value is -1.95. The summed E-state index contributed by atoms with van der Waals surface area (Å²) in [4.78, 5) is 27.7. The molecule has 8 nitrogen and oxygen atoms in total. The van der Waals surface area contributed by atoms with Crippen molar-refractivity contribution in [3.05, 3.63) is 52.1 Å². The minimum Gasteiger partial charge on any atom is -0.482 e. The first-order valence-electron chi connectivity index (χ1n) is 11.7. The van der Waals surface area contributed by atoms with Gasteiger partial charge < -0.3 is 29.9 Å². The molecule has 2 aliphatic rings. The highest BCUT2D eigenvalue weighted by Gasteiger charge is 2.41. The van der Waals surface area contributed by atoms with E-state index in [2.05, 4.69) is 34.5 Å². The predicted molar refractivity (Wildman–Crippen MR) is 136 cm³/mol. The minimum absolute atomic E-state index is 0.105. The molecule has 2 amide bonds. The summed E-state index contributed by atoms with van der Waals surface area (Å²) in [6, 6.07) is 6.76. The number of halogens is 1. The first-order valence-corrected chi connectivity index (χ1v) is 12.7.